The van der Waals surface area contributed by atoms with Gasteiger partial charge in [0.25, 0.3) is 5.91 Å². The van der Waals surface area contributed by atoms with Gasteiger partial charge in [-0.25, -0.2) is 9.07 Å². The van der Waals surface area contributed by atoms with Gasteiger partial charge in [0.1, 0.15) is 11.5 Å². The summed E-state index contributed by atoms with van der Waals surface area (Å²) in [6, 6.07) is 18.3. The molecule has 0 aliphatic carbocycles. The third-order valence-electron chi connectivity index (χ3n) is 4.60. The van der Waals surface area contributed by atoms with Crippen molar-refractivity contribution in [1.82, 2.24) is 4.68 Å². The minimum Gasteiger partial charge on any atom is -0.321 e. The Morgan fingerprint density at radius 2 is 1.61 bits per heavy atom. The molecular formula is C23H15BrClFN4O3. The van der Waals surface area contributed by atoms with E-state index in [2.05, 4.69) is 32.0 Å². The second-order valence-electron chi connectivity index (χ2n) is 6.93. The molecule has 3 N–H and O–H groups in total. The Morgan fingerprint density at radius 1 is 0.848 bits per heavy atom. The number of aromatic nitrogens is 1. The van der Waals surface area contributed by atoms with Crippen LogP contribution in [0.1, 0.15) is 10.5 Å². The number of fused-ring (bicyclic) bond motifs is 1. The summed E-state index contributed by atoms with van der Waals surface area (Å²) >= 11 is 9.28. The Hall–Kier alpha value is -3.69. The Labute approximate surface area is 200 Å². The fourth-order valence-corrected chi connectivity index (χ4v) is 3.68. The number of carbonyl (C=O) groups excluding carboxylic acids is 3. The Bertz CT molecular complexity index is 1390. The molecule has 0 atom stereocenters. The largest absolute Gasteiger partial charge is 0.328 e. The van der Waals surface area contributed by atoms with E-state index in [1.165, 1.54) is 35.0 Å². The molecule has 0 radical (unpaired) electrons. The second kappa shape index (κ2) is 9.43. The van der Waals surface area contributed by atoms with Crippen LogP contribution in [0, 0.1) is 5.82 Å². The van der Waals surface area contributed by atoms with E-state index in [9.17, 15) is 18.8 Å². The predicted molar refractivity (Wildman–Crippen MR) is 128 cm³/mol. The molecule has 0 saturated carbocycles. The van der Waals surface area contributed by atoms with Crippen LogP contribution in [-0.2, 0) is 9.59 Å². The van der Waals surface area contributed by atoms with Crippen LogP contribution in [-0.4, -0.2) is 22.4 Å². The molecule has 0 spiro atoms. The van der Waals surface area contributed by atoms with Crippen molar-refractivity contribution in [3.05, 3.63) is 93.8 Å². The van der Waals surface area contributed by atoms with Crippen LogP contribution in [0.4, 0.5) is 15.8 Å². The highest BCUT2D eigenvalue weighted by atomic mass is 79.9. The molecule has 1 aromatic heterocycles. The molecule has 0 saturated heterocycles. The summed E-state index contributed by atoms with van der Waals surface area (Å²) in [6.07, 6.45) is 0. The van der Waals surface area contributed by atoms with Crippen LogP contribution < -0.4 is 16.1 Å². The minimum absolute atomic E-state index is 0.0660. The maximum Gasteiger partial charge on any atom is 0.328 e. The normalized spacial score (nSPS) is 10.6. The molecule has 3 aromatic carbocycles. The molecule has 0 unspecified atom stereocenters. The SMILES string of the molecule is O=C(Nc1cccc(Cl)c1)C(=O)Nn1c(C(=O)Nc2ccc(F)cc2)cc2cc(Br)ccc21. The fourth-order valence-electron chi connectivity index (χ4n) is 3.11. The Morgan fingerprint density at radius 3 is 2.33 bits per heavy atom. The summed E-state index contributed by atoms with van der Waals surface area (Å²) in [6.45, 7) is 0. The van der Waals surface area contributed by atoms with Crippen molar-refractivity contribution in [2.75, 3.05) is 16.1 Å². The number of halogens is 3. The lowest BCUT2D eigenvalue weighted by Gasteiger charge is -2.13. The molecule has 0 bridgehead atoms. The first kappa shape index (κ1) is 22.5. The maximum absolute atomic E-state index is 13.2. The summed E-state index contributed by atoms with van der Waals surface area (Å²) < 4.78 is 15.2. The van der Waals surface area contributed by atoms with Crippen LogP contribution in [0.25, 0.3) is 10.9 Å². The van der Waals surface area contributed by atoms with Crippen molar-refractivity contribution < 1.29 is 18.8 Å². The van der Waals surface area contributed by atoms with Gasteiger partial charge in [-0.15, -0.1) is 0 Å². The molecule has 1 heterocycles. The first-order chi connectivity index (χ1) is 15.8. The number of hydrogen-bond acceptors (Lipinski definition) is 3. The van der Waals surface area contributed by atoms with Gasteiger partial charge in [-0.2, -0.15) is 0 Å². The number of benzene rings is 3. The van der Waals surface area contributed by atoms with Gasteiger partial charge in [0, 0.05) is 26.3 Å². The van der Waals surface area contributed by atoms with Crippen molar-refractivity contribution in [1.29, 1.82) is 0 Å². The van der Waals surface area contributed by atoms with E-state index in [4.69, 9.17) is 11.6 Å². The zero-order valence-electron chi connectivity index (χ0n) is 16.7. The lowest BCUT2D eigenvalue weighted by atomic mass is 10.2. The van der Waals surface area contributed by atoms with Gasteiger partial charge >= 0.3 is 11.8 Å². The molecule has 0 aliphatic heterocycles. The molecule has 7 nitrogen and oxygen atoms in total. The number of anilines is 2. The highest BCUT2D eigenvalue weighted by Crippen LogP contribution is 2.24. The average Bonchev–Trinajstić information content (AvgIpc) is 3.12. The van der Waals surface area contributed by atoms with E-state index in [0.29, 0.717) is 27.3 Å². The molecule has 0 fully saturated rings. The van der Waals surface area contributed by atoms with Crippen LogP contribution in [0.3, 0.4) is 0 Å². The van der Waals surface area contributed by atoms with Crippen LogP contribution in [0.5, 0.6) is 0 Å². The van der Waals surface area contributed by atoms with Crippen molar-refractivity contribution in [3.63, 3.8) is 0 Å². The Kier molecular flexibility index (Phi) is 6.43. The third-order valence-corrected chi connectivity index (χ3v) is 5.33. The van der Waals surface area contributed by atoms with E-state index in [-0.39, 0.29) is 5.69 Å². The number of amides is 3. The van der Waals surface area contributed by atoms with Crippen molar-refractivity contribution in [2.24, 2.45) is 0 Å². The summed E-state index contributed by atoms with van der Waals surface area (Å²) in [7, 11) is 0. The molecule has 166 valence electrons. The molecule has 4 rings (SSSR count). The highest BCUT2D eigenvalue weighted by Gasteiger charge is 2.21. The standard InChI is InChI=1S/C23H15BrClFN4O3/c24-14-4-9-19-13(10-14)11-20(21(31)27-17-7-5-16(26)6-8-17)30(19)29-23(33)22(32)28-18-3-1-2-15(25)12-18/h1-12H,(H,27,31)(H,28,32)(H,29,33). The van der Waals surface area contributed by atoms with Gasteiger partial charge in [0.05, 0.1) is 5.52 Å². The lowest BCUT2D eigenvalue weighted by molar-refractivity contribution is -0.133. The van der Waals surface area contributed by atoms with E-state index >= 15 is 0 Å². The summed E-state index contributed by atoms with van der Waals surface area (Å²) in [4.78, 5) is 38.0. The summed E-state index contributed by atoms with van der Waals surface area (Å²) in [5.74, 6) is -2.94. The van der Waals surface area contributed by atoms with E-state index in [1.54, 1.807) is 42.5 Å². The van der Waals surface area contributed by atoms with Crippen LogP contribution >= 0.6 is 27.5 Å². The van der Waals surface area contributed by atoms with Crippen molar-refractivity contribution in [3.8, 4) is 0 Å². The van der Waals surface area contributed by atoms with E-state index in [0.717, 1.165) is 4.47 Å². The topological polar surface area (TPSA) is 92.2 Å². The van der Waals surface area contributed by atoms with Gasteiger partial charge in [-0.3, -0.25) is 19.8 Å². The number of rotatable bonds is 4. The van der Waals surface area contributed by atoms with Crippen LogP contribution in [0.2, 0.25) is 5.02 Å². The predicted octanol–water partition coefficient (Wildman–Crippen LogP) is 5.16. The van der Waals surface area contributed by atoms with Gasteiger partial charge in [0.2, 0.25) is 0 Å². The number of nitrogens with zero attached hydrogens (tertiary/aromatic N) is 1. The quantitative estimate of drug-likeness (QED) is 0.319. The zero-order valence-corrected chi connectivity index (χ0v) is 19.1. The molecule has 0 aliphatic rings. The summed E-state index contributed by atoms with van der Waals surface area (Å²) in [5.41, 5.74) is 3.73. The van der Waals surface area contributed by atoms with Gasteiger partial charge in [0.15, 0.2) is 0 Å². The number of nitrogens with one attached hydrogen (secondary N) is 3. The third kappa shape index (κ3) is 5.21. The number of carbonyl (C=O) groups is 3. The van der Waals surface area contributed by atoms with E-state index < -0.39 is 23.5 Å². The van der Waals surface area contributed by atoms with E-state index in [1.807, 2.05) is 0 Å². The first-order valence-corrected chi connectivity index (χ1v) is 10.7. The molecule has 4 aromatic rings. The minimum atomic E-state index is -0.994. The number of hydrogen-bond donors (Lipinski definition) is 3. The first-order valence-electron chi connectivity index (χ1n) is 9.56. The maximum atomic E-state index is 13.2. The average molecular weight is 530 g/mol. The summed E-state index contributed by atoms with van der Waals surface area (Å²) in [5, 5.41) is 6.14. The van der Waals surface area contributed by atoms with Crippen LogP contribution in [0.15, 0.2) is 77.3 Å². The van der Waals surface area contributed by atoms with Gasteiger partial charge in [-0.1, -0.05) is 33.6 Å². The van der Waals surface area contributed by atoms with Crippen molar-refractivity contribution >= 4 is 67.5 Å². The highest BCUT2D eigenvalue weighted by molar-refractivity contribution is 9.10. The van der Waals surface area contributed by atoms with Gasteiger partial charge in [-0.05, 0) is 66.7 Å². The smallest absolute Gasteiger partial charge is 0.321 e. The second-order valence-corrected chi connectivity index (χ2v) is 8.29. The molecular weight excluding hydrogens is 515 g/mol. The Balaban J connectivity index is 1.62. The molecule has 3 amide bonds. The lowest BCUT2D eigenvalue weighted by Crippen LogP contribution is -2.36. The fraction of sp³-hybridized carbons (Fsp3) is 0. The monoisotopic (exact) mass is 528 g/mol. The zero-order chi connectivity index (χ0) is 23.5. The molecule has 10 heteroatoms. The van der Waals surface area contributed by atoms with Crippen molar-refractivity contribution in [2.45, 2.75) is 0 Å². The van der Waals surface area contributed by atoms with Gasteiger partial charge < -0.3 is 10.6 Å². The molecule has 33 heavy (non-hydrogen) atoms.